The SMILES string of the molecule is Cc1ccccc1CC(=O)N1CCN(c2nccn2C)CC1. The summed E-state index contributed by atoms with van der Waals surface area (Å²) in [7, 11) is 2.00. The third-order valence-electron chi connectivity index (χ3n) is 4.31. The van der Waals surface area contributed by atoms with Crippen LogP contribution in [0.1, 0.15) is 11.1 Å². The Morgan fingerprint density at radius 3 is 2.55 bits per heavy atom. The number of anilines is 1. The number of aromatic nitrogens is 2. The highest BCUT2D eigenvalue weighted by molar-refractivity contribution is 5.79. The first-order valence-corrected chi connectivity index (χ1v) is 7.69. The summed E-state index contributed by atoms with van der Waals surface area (Å²) in [6.07, 6.45) is 4.26. The van der Waals surface area contributed by atoms with Crippen LogP contribution in [-0.2, 0) is 18.3 Å². The van der Waals surface area contributed by atoms with Gasteiger partial charge < -0.3 is 14.4 Å². The summed E-state index contributed by atoms with van der Waals surface area (Å²) in [6.45, 7) is 5.26. The molecule has 0 atom stereocenters. The van der Waals surface area contributed by atoms with Gasteiger partial charge in [0.1, 0.15) is 0 Å². The maximum atomic E-state index is 12.5. The first kappa shape index (κ1) is 14.6. The lowest BCUT2D eigenvalue weighted by Crippen LogP contribution is -2.49. The quantitative estimate of drug-likeness (QED) is 0.864. The fourth-order valence-corrected chi connectivity index (χ4v) is 2.90. The van der Waals surface area contributed by atoms with Crippen LogP contribution >= 0.6 is 0 Å². The minimum Gasteiger partial charge on any atom is -0.339 e. The summed E-state index contributed by atoms with van der Waals surface area (Å²) in [5.74, 6) is 1.19. The Balaban J connectivity index is 1.58. The topological polar surface area (TPSA) is 41.4 Å². The number of hydrogen-bond donors (Lipinski definition) is 0. The number of carbonyl (C=O) groups excluding carboxylic acids is 1. The van der Waals surface area contributed by atoms with E-state index in [-0.39, 0.29) is 5.91 Å². The van der Waals surface area contributed by atoms with E-state index in [0.717, 1.165) is 37.7 Å². The van der Waals surface area contributed by atoms with Crippen LogP contribution in [0.25, 0.3) is 0 Å². The molecule has 0 radical (unpaired) electrons. The Kier molecular flexibility index (Phi) is 4.13. The summed E-state index contributed by atoms with van der Waals surface area (Å²) in [6, 6.07) is 8.10. The van der Waals surface area contributed by atoms with Gasteiger partial charge in [-0.05, 0) is 18.1 Å². The molecule has 0 aliphatic carbocycles. The van der Waals surface area contributed by atoms with Gasteiger partial charge in [-0.1, -0.05) is 24.3 Å². The first-order chi connectivity index (χ1) is 10.6. The molecule has 22 heavy (non-hydrogen) atoms. The molecule has 1 amide bonds. The number of hydrogen-bond acceptors (Lipinski definition) is 3. The Labute approximate surface area is 131 Å². The second-order valence-corrected chi connectivity index (χ2v) is 5.81. The first-order valence-electron chi connectivity index (χ1n) is 7.69. The number of amides is 1. The number of imidazole rings is 1. The summed E-state index contributed by atoms with van der Waals surface area (Å²) in [5, 5.41) is 0. The van der Waals surface area contributed by atoms with E-state index in [9.17, 15) is 4.79 Å². The number of nitrogens with zero attached hydrogens (tertiary/aromatic N) is 4. The van der Waals surface area contributed by atoms with Gasteiger partial charge in [-0.3, -0.25) is 4.79 Å². The van der Waals surface area contributed by atoms with Gasteiger partial charge in [-0.15, -0.1) is 0 Å². The van der Waals surface area contributed by atoms with Crippen molar-refractivity contribution >= 4 is 11.9 Å². The number of rotatable bonds is 3. The molecule has 0 unspecified atom stereocenters. The maximum absolute atomic E-state index is 12.5. The van der Waals surface area contributed by atoms with Gasteiger partial charge >= 0.3 is 0 Å². The molecule has 1 aliphatic rings. The molecule has 1 saturated heterocycles. The normalized spacial score (nSPS) is 15.2. The highest BCUT2D eigenvalue weighted by Gasteiger charge is 2.23. The van der Waals surface area contributed by atoms with E-state index >= 15 is 0 Å². The van der Waals surface area contributed by atoms with Gasteiger partial charge in [0.05, 0.1) is 6.42 Å². The smallest absolute Gasteiger partial charge is 0.227 e. The molecular formula is C17H22N4O. The molecule has 1 aromatic carbocycles. The molecular weight excluding hydrogens is 276 g/mol. The van der Waals surface area contributed by atoms with Crippen molar-refractivity contribution in [1.29, 1.82) is 0 Å². The molecule has 3 rings (SSSR count). The van der Waals surface area contributed by atoms with Crippen molar-refractivity contribution in [3.8, 4) is 0 Å². The number of aryl methyl sites for hydroxylation is 2. The van der Waals surface area contributed by atoms with Gasteiger partial charge in [0, 0.05) is 45.6 Å². The summed E-state index contributed by atoms with van der Waals surface area (Å²) in [4.78, 5) is 21.0. The number of carbonyl (C=O) groups is 1. The largest absolute Gasteiger partial charge is 0.339 e. The Morgan fingerprint density at radius 2 is 1.91 bits per heavy atom. The van der Waals surface area contributed by atoms with E-state index in [2.05, 4.69) is 22.9 Å². The second-order valence-electron chi connectivity index (χ2n) is 5.81. The van der Waals surface area contributed by atoms with Crippen LogP contribution in [0.4, 0.5) is 5.95 Å². The molecule has 2 heterocycles. The molecule has 1 fully saturated rings. The highest BCUT2D eigenvalue weighted by atomic mass is 16.2. The van der Waals surface area contributed by atoms with E-state index in [1.54, 1.807) is 0 Å². The van der Waals surface area contributed by atoms with Gasteiger partial charge in [0.2, 0.25) is 11.9 Å². The molecule has 0 N–H and O–H groups in total. The molecule has 5 heteroatoms. The molecule has 0 saturated carbocycles. The van der Waals surface area contributed by atoms with Crippen LogP contribution in [0.3, 0.4) is 0 Å². The zero-order valence-electron chi connectivity index (χ0n) is 13.2. The number of benzene rings is 1. The second kappa shape index (κ2) is 6.22. The van der Waals surface area contributed by atoms with E-state index in [1.165, 1.54) is 5.56 Å². The standard InChI is InChI=1S/C17H22N4O/c1-14-5-3-4-6-15(14)13-16(22)20-9-11-21(12-10-20)17-18-7-8-19(17)2/h3-8H,9-13H2,1-2H3. The van der Waals surface area contributed by atoms with Crippen molar-refractivity contribution in [3.63, 3.8) is 0 Å². The van der Waals surface area contributed by atoms with Crippen LogP contribution in [0.2, 0.25) is 0 Å². The lowest BCUT2D eigenvalue weighted by Gasteiger charge is -2.35. The molecule has 5 nitrogen and oxygen atoms in total. The predicted octanol–water partition coefficient (Wildman–Crippen LogP) is 1.62. The molecule has 2 aromatic rings. The van der Waals surface area contributed by atoms with Gasteiger partial charge in [-0.2, -0.15) is 0 Å². The van der Waals surface area contributed by atoms with Crippen molar-refractivity contribution in [2.24, 2.45) is 7.05 Å². The third-order valence-corrected chi connectivity index (χ3v) is 4.31. The van der Waals surface area contributed by atoms with Crippen LogP contribution in [0.15, 0.2) is 36.7 Å². The average Bonchev–Trinajstić information content (AvgIpc) is 2.96. The van der Waals surface area contributed by atoms with Crippen molar-refractivity contribution in [2.75, 3.05) is 31.1 Å². The third kappa shape index (κ3) is 2.98. The van der Waals surface area contributed by atoms with Crippen molar-refractivity contribution < 1.29 is 4.79 Å². The lowest BCUT2D eigenvalue weighted by molar-refractivity contribution is -0.130. The van der Waals surface area contributed by atoms with Crippen molar-refractivity contribution in [2.45, 2.75) is 13.3 Å². The van der Waals surface area contributed by atoms with Gasteiger partial charge in [0.15, 0.2) is 0 Å². The Bertz CT molecular complexity index is 656. The van der Waals surface area contributed by atoms with Gasteiger partial charge in [0.25, 0.3) is 0 Å². The highest BCUT2D eigenvalue weighted by Crippen LogP contribution is 2.15. The maximum Gasteiger partial charge on any atom is 0.227 e. The lowest BCUT2D eigenvalue weighted by atomic mass is 10.1. The van der Waals surface area contributed by atoms with E-state index in [0.29, 0.717) is 6.42 Å². The monoisotopic (exact) mass is 298 g/mol. The van der Waals surface area contributed by atoms with Crippen molar-refractivity contribution in [1.82, 2.24) is 14.5 Å². The summed E-state index contributed by atoms with van der Waals surface area (Å²) in [5.41, 5.74) is 2.31. The minimum atomic E-state index is 0.216. The average molecular weight is 298 g/mol. The van der Waals surface area contributed by atoms with E-state index in [4.69, 9.17) is 0 Å². The Hall–Kier alpha value is -2.30. The zero-order valence-corrected chi connectivity index (χ0v) is 13.2. The van der Waals surface area contributed by atoms with E-state index in [1.807, 2.05) is 47.1 Å². The fraction of sp³-hybridized carbons (Fsp3) is 0.412. The van der Waals surface area contributed by atoms with Crippen molar-refractivity contribution in [3.05, 3.63) is 47.8 Å². The van der Waals surface area contributed by atoms with Gasteiger partial charge in [-0.25, -0.2) is 4.98 Å². The molecule has 0 bridgehead atoms. The Morgan fingerprint density at radius 1 is 1.18 bits per heavy atom. The van der Waals surface area contributed by atoms with E-state index < -0.39 is 0 Å². The molecule has 116 valence electrons. The fourth-order valence-electron chi connectivity index (χ4n) is 2.90. The molecule has 1 aromatic heterocycles. The van der Waals surface area contributed by atoms with Crippen LogP contribution in [0.5, 0.6) is 0 Å². The predicted molar refractivity (Wildman–Crippen MR) is 86.9 cm³/mol. The zero-order chi connectivity index (χ0) is 15.5. The van der Waals surface area contributed by atoms with Crippen LogP contribution in [0, 0.1) is 6.92 Å². The summed E-state index contributed by atoms with van der Waals surface area (Å²) >= 11 is 0. The molecule has 1 aliphatic heterocycles. The molecule has 0 spiro atoms. The summed E-state index contributed by atoms with van der Waals surface area (Å²) < 4.78 is 2.02. The minimum absolute atomic E-state index is 0.216. The van der Waals surface area contributed by atoms with Crippen LogP contribution in [-0.4, -0.2) is 46.5 Å². The number of piperazine rings is 1. The van der Waals surface area contributed by atoms with Crippen LogP contribution < -0.4 is 4.90 Å².